The van der Waals surface area contributed by atoms with Gasteiger partial charge in [-0.15, -0.1) is 0 Å². The van der Waals surface area contributed by atoms with E-state index in [0.29, 0.717) is 11.2 Å². The lowest BCUT2D eigenvalue weighted by molar-refractivity contribution is -0.115. The molecule has 2 aliphatic rings. The first-order valence-electron chi connectivity index (χ1n) is 11.5. The number of nitrogens with two attached hydrogens (primary N) is 1. The number of hydrogen-bond acceptors (Lipinski definition) is 9. The highest BCUT2D eigenvalue weighted by atomic mass is 31.2. The van der Waals surface area contributed by atoms with E-state index in [1.54, 1.807) is 19.5 Å². The number of morpholine rings is 1. The van der Waals surface area contributed by atoms with Crippen LogP contribution in [0.2, 0.25) is 0 Å². The Morgan fingerprint density at radius 1 is 1.21 bits per heavy atom. The number of H-pyrrole nitrogens is 1. The maximum atomic E-state index is 12.6. The lowest BCUT2D eigenvalue weighted by Gasteiger charge is -2.46. The Morgan fingerprint density at radius 2 is 1.97 bits per heavy atom. The van der Waals surface area contributed by atoms with Gasteiger partial charge in [-0.2, -0.15) is 0 Å². The van der Waals surface area contributed by atoms with E-state index in [1.807, 2.05) is 12.1 Å². The molecule has 3 N–H and O–H groups in total. The molecule has 0 aliphatic carbocycles. The number of nitrogen functional groups attached to an aromatic ring is 1. The molecule has 2 fully saturated rings. The van der Waals surface area contributed by atoms with Gasteiger partial charge in [-0.25, -0.2) is 19.7 Å². The van der Waals surface area contributed by atoms with Crippen LogP contribution < -0.4 is 21.9 Å². The Labute approximate surface area is 197 Å². The normalized spacial score (nSPS) is 19.2. The molecule has 0 radical (unpaired) electrons. The van der Waals surface area contributed by atoms with Crippen molar-refractivity contribution in [2.24, 2.45) is 0 Å². The maximum absolute atomic E-state index is 12.6. The van der Waals surface area contributed by atoms with Crippen molar-refractivity contribution in [3.63, 3.8) is 0 Å². The van der Waals surface area contributed by atoms with E-state index in [1.165, 1.54) is 4.57 Å². The van der Waals surface area contributed by atoms with Crippen molar-refractivity contribution in [3.05, 3.63) is 34.4 Å². The highest BCUT2D eigenvalue weighted by Crippen LogP contribution is 2.34. The smallest absolute Gasteiger partial charge is 0.328 e. The van der Waals surface area contributed by atoms with Crippen LogP contribution in [0, 0.1) is 0 Å². The quantitative estimate of drug-likeness (QED) is 0.511. The third kappa shape index (κ3) is 4.35. The lowest BCUT2D eigenvalue weighted by Crippen LogP contribution is -2.56. The third-order valence-electron chi connectivity index (χ3n) is 6.71. The summed E-state index contributed by atoms with van der Waals surface area (Å²) in [5, 5.41) is 0. The average Bonchev–Trinajstić information content (AvgIpc) is 3.10. The second-order valence-corrected chi connectivity index (χ2v) is 12.9. The molecule has 0 bridgehead atoms. The fourth-order valence-electron chi connectivity index (χ4n) is 4.79. The zero-order chi connectivity index (χ0) is 24.1. The standard InChI is InChI=1S/C22H31N8O3P/c1-28-10-11-33-22(14-28)6-8-29(9-7-22)16-5-4-15(12-24-16)13-30-19-17(25-21(30)31)18(23)26-20(27-19)34(2,3)32/h4-5,12H,6-11,13-14H2,1-3H3,(H,25,31)(H2,23,26,27). The Bertz CT molecular complexity index is 1300. The Morgan fingerprint density at radius 3 is 2.62 bits per heavy atom. The van der Waals surface area contributed by atoms with Crippen molar-refractivity contribution >= 4 is 35.5 Å². The molecule has 12 heteroatoms. The van der Waals surface area contributed by atoms with Crippen LogP contribution in [0.5, 0.6) is 0 Å². The Hall–Kier alpha value is -2.75. The topological polar surface area (TPSA) is 135 Å². The van der Waals surface area contributed by atoms with Crippen LogP contribution >= 0.6 is 7.14 Å². The molecule has 11 nitrogen and oxygen atoms in total. The largest absolute Gasteiger partial charge is 0.382 e. The van der Waals surface area contributed by atoms with E-state index < -0.39 is 7.14 Å². The highest BCUT2D eigenvalue weighted by Gasteiger charge is 2.39. The number of pyridine rings is 1. The third-order valence-corrected chi connectivity index (χ3v) is 7.87. The maximum Gasteiger partial charge on any atom is 0.328 e. The van der Waals surface area contributed by atoms with Crippen molar-refractivity contribution in [1.29, 1.82) is 0 Å². The summed E-state index contributed by atoms with van der Waals surface area (Å²) in [5.41, 5.74) is 7.33. The first-order chi connectivity index (χ1) is 16.1. The number of imidazole rings is 1. The van der Waals surface area contributed by atoms with E-state index in [4.69, 9.17) is 10.5 Å². The Kier molecular flexibility index (Phi) is 5.74. The number of nitrogens with zero attached hydrogens (tertiary/aromatic N) is 6. The number of fused-ring (bicyclic) bond motifs is 1. The van der Waals surface area contributed by atoms with Crippen LogP contribution in [-0.2, 0) is 15.8 Å². The van der Waals surface area contributed by atoms with Crippen molar-refractivity contribution in [1.82, 2.24) is 29.4 Å². The summed E-state index contributed by atoms with van der Waals surface area (Å²) in [6, 6.07) is 3.96. The van der Waals surface area contributed by atoms with Crippen LogP contribution in [0.1, 0.15) is 18.4 Å². The average molecular weight is 487 g/mol. The van der Waals surface area contributed by atoms with Crippen molar-refractivity contribution in [3.8, 4) is 0 Å². The molecule has 1 spiro atoms. The van der Waals surface area contributed by atoms with Crippen molar-refractivity contribution in [2.45, 2.75) is 25.0 Å². The number of rotatable bonds is 4. The SMILES string of the molecule is CN1CCOC2(CCN(c3ccc(Cn4c(=O)[nH]c5c(N)nc(P(C)(C)=O)nc54)cn3)CC2)C1. The molecule has 0 amide bonds. The Balaban J connectivity index is 1.33. The number of anilines is 2. The van der Waals surface area contributed by atoms with Gasteiger partial charge in [0.25, 0.3) is 0 Å². The van der Waals surface area contributed by atoms with Crippen LogP contribution in [-0.4, -0.2) is 88.2 Å². The van der Waals surface area contributed by atoms with Gasteiger partial charge in [0, 0.05) is 32.4 Å². The summed E-state index contributed by atoms with van der Waals surface area (Å²) in [6.07, 6.45) is 3.74. The van der Waals surface area contributed by atoms with Crippen molar-refractivity contribution < 1.29 is 9.30 Å². The van der Waals surface area contributed by atoms with Crippen molar-refractivity contribution in [2.75, 3.05) is 63.8 Å². The van der Waals surface area contributed by atoms with E-state index >= 15 is 0 Å². The number of aromatic nitrogens is 5. The van der Waals surface area contributed by atoms with Gasteiger partial charge in [0.15, 0.2) is 17.0 Å². The minimum atomic E-state index is -2.74. The van der Waals surface area contributed by atoms with Gasteiger partial charge in [0.1, 0.15) is 18.5 Å². The molecule has 3 aromatic rings. The molecule has 0 atom stereocenters. The number of nitrogens with one attached hydrogen (secondary N) is 1. The first kappa shape index (κ1) is 23.0. The molecule has 3 aromatic heterocycles. The van der Waals surface area contributed by atoms with E-state index in [2.05, 4.69) is 36.8 Å². The van der Waals surface area contributed by atoms with Crippen LogP contribution in [0.4, 0.5) is 11.6 Å². The molecule has 5 rings (SSSR count). The van der Waals surface area contributed by atoms with E-state index in [0.717, 1.165) is 57.0 Å². The van der Waals surface area contributed by atoms with Gasteiger partial charge >= 0.3 is 5.69 Å². The summed E-state index contributed by atoms with van der Waals surface area (Å²) < 4.78 is 20.1. The molecule has 2 saturated heterocycles. The summed E-state index contributed by atoms with van der Waals surface area (Å²) in [5.74, 6) is 1.03. The summed E-state index contributed by atoms with van der Waals surface area (Å²) in [6.45, 7) is 7.98. The molecule has 0 unspecified atom stereocenters. The minimum absolute atomic E-state index is 0.0383. The van der Waals surface area contributed by atoms with Gasteiger partial charge in [0.2, 0.25) is 0 Å². The predicted molar refractivity (Wildman–Crippen MR) is 133 cm³/mol. The number of likely N-dealkylation sites (N-methyl/N-ethyl adjacent to an activating group) is 1. The molecular weight excluding hydrogens is 455 g/mol. The minimum Gasteiger partial charge on any atom is -0.382 e. The van der Waals surface area contributed by atoms with Crippen LogP contribution in [0.15, 0.2) is 23.1 Å². The van der Waals surface area contributed by atoms with Gasteiger partial charge in [-0.3, -0.25) is 4.57 Å². The van der Waals surface area contributed by atoms with Crippen LogP contribution in [0.3, 0.4) is 0 Å². The second kappa shape index (κ2) is 8.48. The monoisotopic (exact) mass is 486 g/mol. The fraction of sp³-hybridized carbons (Fsp3) is 0.545. The predicted octanol–water partition coefficient (Wildman–Crippen LogP) is 0.694. The van der Waals surface area contributed by atoms with E-state index in [-0.39, 0.29) is 29.2 Å². The van der Waals surface area contributed by atoms with Gasteiger partial charge in [-0.1, -0.05) is 6.07 Å². The van der Waals surface area contributed by atoms with Gasteiger partial charge in [0.05, 0.1) is 18.8 Å². The lowest BCUT2D eigenvalue weighted by atomic mass is 9.89. The summed E-state index contributed by atoms with van der Waals surface area (Å²) in [4.78, 5) is 33.1. The zero-order valence-electron chi connectivity index (χ0n) is 19.8. The van der Waals surface area contributed by atoms with Gasteiger partial charge in [-0.05, 0) is 44.8 Å². The molecule has 2 aliphatic heterocycles. The highest BCUT2D eigenvalue weighted by molar-refractivity contribution is 7.69. The molecule has 0 aromatic carbocycles. The molecule has 5 heterocycles. The van der Waals surface area contributed by atoms with Crippen LogP contribution in [0.25, 0.3) is 11.2 Å². The number of ether oxygens (including phenoxy) is 1. The molecule has 182 valence electrons. The summed E-state index contributed by atoms with van der Waals surface area (Å²) >= 11 is 0. The molecule has 34 heavy (non-hydrogen) atoms. The zero-order valence-corrected chi connectivity index (χ0v) is 20.7. The summed E-state index contributed by atoms with van der Waals surface area (Å²) in [7, 11) is -0.589. The molecule has 0 saturated carbocycles. The molecular formula is C22H31N8O3P. The second-order valence-electron chi connectivity index (χ2n) is 9.76. The number of piperidine rings is 1. The number of hydrogen-bond donors (Lipinski definition) is 2. The first-order valence-corrected chi connectivity index (χ1v) is 14.1. The van der Waals surface area contributed by atoms with E-state index in [9.17, 15) is 9.36 Å². The number of aromatic amines is 1. The van der Waals surface area contributed by atoms with Gasteiger partial charge < -0.3 is 29.8 Å². The fourth-order valence-corrected chi connectivity index (χ4v) is 5.47.